The zero-order valence-electron chi connectivity index (χ0n) is 16.4. The van der Waals surface area contributed by atoms with Gasteiger partial charge in [0.1, 0.15) is 18.0 Å². The van der Waals surface area contributed by atoms with Crippen LogP contribution in [0, 0.1) is 0 Å². The predicted octanol–water partition coefficient (Wildman–Crippen LogP) is 2.09. The third-order valence-electron chi connectivity index (χ3n) is 4.86. The first-order valence-electron chi connectivity index (χ1n) is 9.47. The highest BCUT2D eigenvalue weighted by atomic mass is 16.5. The van der Waals surface area contributed by atoms with E-state index in [0.717, 1.165) is 22.4 Å². The van der Waals surface area contributed by atoms with E-state index < -0.39 is 11.5 Å². The van der Waals surface area contributed by atoms with Crippen molar-refractivity contribution in [3.05, 3.63) is 82.3 Å². The van der Waals surface area contributed by atoms with Gasteiger partial charge in [-0.1, -0.05) is 24.3 Å². The molecule has 152 valence electrons. The summed E-state index contributed by atoms with van der Waals surface area (Å²) in [5, 5.41) is 6.83. The standard InChI is InChI=1S/C22H20N4O4/c1-30-17-7-4-6-16(13-17)23-20(27)14-26-21(28)10-9-18(24-26)22(29)25-12-11-15-5-2-3-8-19(15)25/h2-10,13H,11-12,14H2,1H3,(H,23,27). The van der Waals surface area contributed by atoms with Crippen LogP contribution in [-0.4, -0.2) is 35.2 Å². The van der Waals surface area contributed by atoms with Crippen molar-refractivity contribution in [3.63, 3.8) is 0 Å². The van der Waals surface area contributed by atoms with Crippen molar-refractivity contribution in [1.82, 2.24) is 9.78 Å². The largest absolute Gasteiger partial charge is 0.497 e. The lowest BCUT2D eigenvalue weighted by Gasteiger charge is -2.17. The molecule has 1 aliphatic heterocycles. The van der Waals surface area contributed by atoms with Crippen LogP contribution < -0.4 is 20.5 Å². The van der Waals surface area contributed by atoms with Crippen molar-refractivity contribution in [1.29, 1.82) is 0 Å². The summed E-state index contributed by atoms with van der Waals surface area (Å²) in [5.74, 6) is -0.141. The number of benzene rings is 2. The molecule has 1 aliphatic rings. The van der Waals surface area contributed by atoms with Crippen LogP contribution in [0.3, 0.4) is 0 Å². The van der Waals surface area contributed by atoms with E-state index in [1.807, 2.05) is 24.3 Å². The van der Waals surface area contributed by atoms with Crippen molar-refractivity contribution < 1.29 is 14.3 Å². The van der Waals surface area contributed by atoms with Gasteiger partial charge in [-0.2, -0.15) is 5.10 Å². The quantitative estimate of drug-likeness (QED) is 0.703. The summed E-state index contributed by atoms with van der Waals surface area (Å²) >= 11 is 0. The highest BCUT2D eigenvalue weighted by Crippen LogP contribution is 2.28. The molecule has 3 aromatic rings. The summed E-state index contributed by atoms with van der Waals surface area (Å²) in [6.45, 7) is 0.239. The number of rotatable bonds is 5. The van der Waals surface area contributed by atoms with E-state index in [2.05, 4.69) is 10.4 Å². The molecule has 1 aromatic heterocycles. The molecule has 30 heavy (non-hydrogen) atoms. The van der Waals surface area contributed by atoms with Gasteiger partial charge in [-0.05, 0) is 36.2 Å². The highest BCUT2D eigenvalue weighted by molar-refractivity contribution is 6.06. The molecule has 0 saturated carbocycles. The Hall–Kier alpha value is -3.94. The van der Waals surface area contributed by atoms with E-state index in [0.29, 0.717) is 18.0 Å². The molecule has 0 radical (unpaired) electrons. The first-order valence-corrected chi connectivity index (χ1v) is 9.47. The second-order valence-electron chi connectivity index (χ2n) is 6.83. The number of para-hydroxylation sites is 1. The summed E-state index contributed by atoms with van der Waals surface area (Å²) in [5.41, 5.74) is 2.12. The number of methoxy groups -OCH3 is 1. The Kier molecular flexibility index (Phi) is 5.30. The lowest BCUT2D eigenvalue weighted by Crippen LogP contribution is -2.34. The van der Waals surface area contributed by atoms with Crippen LogP contribution in [0.4, 0.5) is 11.4 Å². The third-order valence-corrected chi connectivity index (χ3v) is 4.86. The maximum absolute atomic E-state index is 13.0. The zero-order valence-corrected chi connectivity index (χ0v) is 16.4. The van der Waals surface area contributed by atoms with Gasteiger partial charge < -0.3 is 15.0 Å². The number of anilines is 2. The molecule has 1 N–H and O–H groups in total. The molecule has 0 aliphatic carbocycles. The molecule has 8 nitrogen and oxygen atoms in total. The Morgan fingerprint density at radius 2 is 1.93 bits per heavy atom. The van der Waals surface area contributed by atoms with Gasteiger partial charge in [0, 0.05) is 30.1 Å². The van der Waals surface area contributed by atoms with Gasteiger partial charge >= 0.3 is 0 Å². The van der Waals surface area contributed by atoms with Gasteiger partial charge in [-0.25, -0.2) is 4.68 Å². The van der Waals surface area contributed by atoms with Crippen molar-refractivity contribution in [3.8, 4) is 5.75 Å². The summed E-state index contributed by atoms with van der Waals surface area (Å²) in [6.07, 6.45) is 0.768. The van der Waals surface area contributed by atoms with Crippen LogP contribution in [0.1, 0.15) is 16.1 Å². The van der Waals surface area contributed by atoms with Crippen molar-refractivity contribution in [2.75, 3.05) is 23.9 Å². The van der Waals surface area contributed by atoms with Gasteiger partial charge in [0.25, 0.3) is 11.5 Å². The molecule has 4 rings (SSSR count). The number of hydrogen-bond acceptors (Lipinski definition) is 5. The van der Waals surface area contributed by atoms with Crippen LogP contribution in [0.5, 0.6) is 5.75 Å². The van der Waals surface area contributed by atoms with Crippen molar-refractivity contribution >= 4 is 23.2 Å². The van der Waals surface area contributed by atoms with Crippen LogP contribution in [0.15, 0.2) is 65.5 Å². The molecule has 2 aromatic carbocycles. The maximum atomic E-state index is 13.0. The van der Waals surface area contributed by atoms with Crippen molar-refractivity contribution in [2.45, 2.75) is 13.0 Å². The monoisotopic (exact) mass is 404 g/mol. The van der Waals surface area contributed by atoms with Gasteiger partial charge in [0.05, 0.1) is 7.11 Å². The normalized spacial score (nSPS) is 12.4. The lowest BCUT2D eigenvalue weighted by molar-refractivity contribution is -0.117. The Morgan fingerprint density at radius 1 is 1.10 bits per heavy atom. The number of nitrogens with zero attached hydrogens (tertiary/aromatic N) is 3. The fourth-order valence-electron chi connectivity index (χ4n) is 3.40. The average molecular weight is 404 g/mol. The number of ether oxygens (including phenoxy) is 1. The minimum Gasteiger partial charge on any atom is -0.497 e. The summed E-state index contributed by atoms with van der Waals surface area (Å²) in [4.78, 5) is 39.2. The molecule has 2 heterocycles. The molecular formula is C22H20N4O4. The summed E-state index contributed by atoms with van der Waals surface area (Å²) in [7, 11) is 1.53. The Balaban J connectivity index is 1.51. The number of carbonyl (C=O) groups excluding carboxylic acids is 2. The van der Waals surface area contributed by atoms with Gasteiger partial charge in [0.15, 0.2) is 0 Å². The van der Waals surface area contributed by atoms with Crippen molar-refractivity contribution in [2.24, 2.45) is 0 Å². The first kappa shape index (κ1) is 19.4. The third kappa shape index (κ3) is 3.93. The Bertz CT molecular complexity index is 1170. The van der Waals surface area contributed by atoms with Crippen LogP contribution in [0.2, 0.25) is 0 Å². The Morgan fingerprint density at radius 3 is 2.77 bits per heavy atom. The molecule has 2 amide bonds. The van der Waals surface area contributed by atoms with Crippen LogP contribution in [0.25, 0.3) is 0 Å². The minimum absolute atomic E-state index is 0.112. The van der Waals surface area contributed by atoms with E-state index >= 15 is 0 Å². The first-order chi connectivity index (χ1) is 14.5. The number of carbonyl (C=O) groups is 2. The van der Waals surface area contributed by atoms with E-state index in [4.69, 9.17) is 4.74 Å². The SMILES string of the molecule is COc1cccc(NC(=O)Cn2nc(C(=O)N3CCc4ccccc43)ccc2=O)c1. The molecule has 0 unspecified atom stereocenters. The average Bonchev–Trinajstić information content (AvgIpc) is 3.19. The molecule has 0 fully saturated rings. The minimum atomic E-state index is -0.464. The highest BCUT2D eigenvalue weighted by Gasteiger charge is 2.26. The summed E-state index contributed by atoms with van der Waals surface area (Å²) in [6, 6.07) is 17.2. The Labute approximate surface area is 172 Å². The molecule has 0 spiro atoms. The maximum Gasteiger partial charge on any atom is 0.278 e. The number of hydrogen-bond donors (Lipinski definition) is 1. The second kappa shape index (κ2) is 8.20. The van der Waals surface area contributed by atoms with E-state index in [1.54, 1.807) is 29.2 Å². The number of fused-ring (bicyclic) bond motifs is 1. The molecule has 0 atom stereocenters. The lowest BCUT2D eigenvalue weighted by atomic mass is 10.2. The fraction of sp³-hybridized carbons (Fsp3) is 0.182. The predicted molar refractivity (Wildman–Crippen MR) is 112 cm³/mol. The molecule has 8 heteroatoms. The number of amides is 2. The summed E-state index contributed by atoms with van der Waals surface area (Å²) < 4.78 is 6.12. The van der Waals surface area contributed by atoms with Crippen LogP contribution >= 0.6 is 0 Å². The number of nitrogens with one attached hydrogen (secondary N) is 1. The zero-order chi connectivity index (χ0) is 21.1. The number of aromatic nitrogens is 2. The fourth-order valence-corrected chi connectivity index (χ4v) is 3.40. The van der Waals surface area contributed by atoms with E-state index in [-0.39, 0.29) is 18.1 Å². The van der Waals surface area contributed by atoms with Gasteiger partial charge in [-0.3, -0.25) is 14.4 Å². The van der Waals surface area contributed by atoms with Gasteiger partial charge in [-0.15, -0.1) is 0 Å². The van der Waals surface area contributed by atoms with Gasteiger partial charge in [0.2, 0.25) is 5.91 Å². The smallest absolute Gasteiger partial charge is 0.278 e. The molecule has 0 bridgehead atoms. The molecule has 0 saturated heterocycles. The van der Waals surface area contributed by atoms with Crippen LogP contribution in [-0.2, 0) is 17.8 Å². The van der Waals surface area contributed by atoms with E-state index in [1.165, 1.54) is 19.2 Å². The second-order valence-corrected chi connectivity index (χ2v) is 6.83. The van der Waals surface area contributed by atoms with E-state index in [9.17, 15) is 14.4 Å². The molecular weight excluding hydrogens is 384 g/mol. The topological polar surface area (TPSA) is 93.5 Å².